The molecule has 1 aliphatic rings. The highest BCUT2D eigenvalue weighted by molar-refractivity contribution is 6.30. The molecule has 6 nitrogen and oxygen atoms in total. The quantitative estimate of drug-likeness (QED) is 0.340. The molecule has 0 unspecified atom stereocenters. The van der Waals surface area contributed by atoms with Crippen LogP contribution in [0.1, 0.15) is 22.4 Å². The van der Waals surface area contributed by atoms with E-state index in [2.05, 4.69) is 32.0 Å². The number of hydrogen-bond donors (Lipinski definition) is 0. The molecule has 0 aliphatic carbocycles. The minimum Gasteiger partial charge on any atom is -0.307 e. The van der Waals surface area contributed by atoms with Gasteiger partial charge in [0.15, 0.2) is 0 Å². The topological polar surface area (TPSA) is 63.9 Å². The van der Waals surface area contributed by atoms with E-state index in [4.69, 9.17) is 11.6 Å². The molecule has 7 heteroatoms. The van der Waals surface area contributed by atoms with Crippen molar-refractivity contribution in [2.45, 2.75) is 26.1 Å². The maximum atomic E-state index is 13.7. The minimum absolute atomic E-state index is 0.00218. The van der Waals surface area contributed by atoms with Crippen molar-refractivity contribution in [1.29, 1.82) is 0 Å². The number of hydrogen-bond acceptors (Lipinski definition) is 5. The summed E-state index contributed by atoms with van der Waals surface area (Å²) >= 11 is 6.28. The van der Waals surface area contributed by atoms with E-state index < -0.39 is 0 Å². The molecule has 36 heavy (non-hydrogen) atoms. The van der Waals surface area contributed by atoms with Gasteiger partial charge in [-0.1, -0.05) is 41.9 Å². The summed E-state index contributed by atoms with van der Waals surface area (Å²) in [7, 11) is 0. The SMILES string of the molecule is O=c1c(-c2cccc(Cl)c2)cc2c(n1Cc1cccnc1)CCN(Cc1cccc3nccnc13)C2. The molecule has 0 fully saturated rings. The molecule has 0 bridgehead atoms. The molecule has 1 aliphatic heterocycles. The zero-order chi connectivity index (χ0) is 24.5. The second-order valence-electron chi connectivity index (χ2n) is 9.09. The lowest BCUT2D eigenvalue weighted by Crippen LogP contribution is -2.36. The van der Waals surface area contributed by atoms with Crippen molar-refractivity contribution < 1.29 is 0 Å². The molecule has 5 aromatic rings. The van der Waals surface area contributed by atoms with Crippen molar-refractivity contribution in [3.63, 3.8) is 0 Å². The summed E-state index contributed by atoms with van der Waals surface area (Å²) in [5, 5.41) is 0.613. The molecule has 0 radical (unpaired) electrons. The van der Waals surface area contributed by atoms with E-state index in [-0.39, 0.29) is 5.56 Å². The summed E-state index contributed by atoms with van der Waals surface area (Å²) in [4.78, 5) is 29.4. The second-order valence-corrected chi connectivity index (χ2v) is 9.53. The van der Waals surface area contributed by atoms with Gasteiger partial charge >= 0.3 is 0 Å². The molecule has 0 saturated heterocycles. The molecule has 0 N–H and O–H groups in total. The molecule has 0 amide bonds. The van der Waals surface area contributed by atoms with Crippen molar-refractivity contribution in [2.24, 2.45) is 0 Å². The molecule has 3 aromatic heterocycles. The van der Waals surface area contributed by atoms with Crippen LogP contribution in [0.4, 0.5) is 0 Å². The first kappa shape index (κ1) is 22.6. The van der Waals surface area contributed by atoms with E-state index in [0.717, 1.165) is 65.0 Å². The third-order valence-electron chi connectivity index (χ3n) is 6.72. The molecule has 4 heterocycles. The van der Waals surface area contributed by atoms with Gasteiger partial charge in [0.1, 0.15) is 0 Å². The van der Waals surface area contributed by atoms with Gasteiger partial charge in [-0.15, -0.1) is 0 Å². The van der Waals surface area contributed by atoms with Gasteiger partial charge in [-0.3, -0.25) is 24.6 Å². The van der Waals surface area contributed by atoms with Gasteiger partial charge in [-0.25, -0.2) is 0 Å². The van der Waals surface area contributed by atoms with Crippen LogP contribution in [0.3, 0.4) is 0 Å². The summed E-state index contributed by atoms with van der Waals surface area (Å²) in [5.41, 5.74) is 7.74. The Morgan fingerprint density at radius 3 is 2.67 bits per heavy atom. The standard InChI is InChI=1S/C29H24ClN5O/c30-24-7-1-5-21(14-24)25-15-23-19-34(18-22-6-2-8-26-28(22)33-12-11-32-26)13-9-27(23)35(29(25)36)17-20-4-3-10-31-16-20/h1-8,10-12,14-16H,9,13,17-19H2. The van der Waals surface area contributed by atoms with Crippen LogP contribution in [0, 0.1) is 0 Å². The lowest BCUT2D eigenvalue weighted by molar-refractivity contribution is 0.241. The lowest BCUT2D eigenvalue weighted by atomic mass is 9.98. The van der Waals surface area contributed by atoms with Crippen molar-refractivity contribution in [3.05, 3.63) is 123 Å². The van der Waals surface area contributed by atoms with E-state index in [1.54, 1.807) is 18.6 Å². The number of fused-ring (bicyclic) bond motifs is 2. The Balaban J connectivity index is 1.40. The van der Waals surface area contributed by atoms with Gasteiger partial charge < -0.3 is 4.57 Å². The van der Waals surface area contributed by atoms with Crippen molar-refractivity contribution >= 4 is 22.6 Å². The highest BCUT2D eigenvalue weighted by Gasteiger charge is 2.23. The predicted octanol–water partition coefficient (Wildman–Crippen LogP) is 5.11. The van der Waals surface area contributed by atoms with Crippen LogP contribution in [0.15, 0.2) is 90.2 Å². The van der Waals surface area contributed by atoms with E-state index in [1.165, 1.54) is 0 Å². The maximum absolute atomic E-state index is 13.7. The van der Waals surface area contributed by atoms with E-state index >= 15 is 0 Å². The summed E-state index contributed by atoms with van der Waals surface area (Å²) in [6, 6.07) is 19.6. The summed E-state index contributed by atoms with van der Waals surface area (Å²) in [6.45, 7) is 2.85. The number of rotatable bonds is 5. The summed E-state index contributed by atoms with van der Waals surface area (Å²) < 4.78 is 1.92. The first-order valence-electron chi connectivity index (χ1n) is 12.0. The van der Waals surface area contributed by atoms with Gasteiger partial charge in [0.25, 0.3) is 5.56 Å². The number of aromatic nitrogens is 4. The number of para-hydroxylation sites is 1. The van der Waals surface area contributed by atoms with Crippen LogP contribution in [0.5, 0.6) is 0 Å². The van der Waals surface area contributed by atoms with Gasteiger partial charge in [-0.2, -0.15) is 0 Å². The minimum atomic E-state index is -0.00218. The average Bonchev–Trinajstić information content (AvgIpc) is 2.91. The zero-order valence-electron chi connectivity index (χ0n) is 19.6. The van der Waals surface area contributed by atoms with Crippen molar-refractivity contribution in [2.75, 3.05) is 6.54 Å². The smallest absolute Gasteiger partial charge is 0.258 e. The molecule has 2 aromatic carbocycles. The molecule has 6 rings (SSSR count). The Kier molecular flexibility index (Phi) is 6.05. The number of halogens is 1. The fraction of sp³-hybridized carbons (Fsp3) is 0.172. The van der Waals surface area contributed by atoms with Crippen LogP contribution in [0.25, 0.3) is 22.2 Å². The largest absolute Gasteiger partial charge is 0.307 e. The third-order valence-corrected chi connectivity index (χ3v) is 6.96. The normalized spacial score (nSPS) is 13.6. The van der Waals surface area contributed by atoms with Crippen molar-refractivity contribution in [1.82, 2.24) is 24.4 Å². The van der Waals surface area contributed by atoms with Gasteiger partial charge in [-0.05, 0) is 52.6 Å². The number of benzene rings is 2. The van der Waals surface area contributed by atoms with Gasteiger partial charge in [0, 0.05) is 67.1 Å². The number of pyridine rings is 2. The van der Waals surface area contributed by atoms with Crippen LogP contribution in [0.2, 0.25) is 5.02 Å². The first-order valence-corrected chi connectivity index (χ1v) is 12.3. The van der Waals surface area contributed by atoms with Crippen LogP contribution in [-0.2, 0) is 26.1 Å². The van der Waals surface area contributed by atoms with Crippen LogP contribution >= 0.6 is 11.6 Å². The second kappa shape index (κ2) is 9.64. The van der Waals surface area contributed by atoms with Crippen LogP contribution < -0.4 is 5.56 Å². The summed E-state index contributed by atoms with van der Waals surface area (Å²) in [6.07, 6.45) is 7.83. The third kappa shape index (κ3) is 4.41. The predicted molar refractivity (Wildman–Crippen MR) is 142 cm³/mol. The molecule has 0 saturated carbocycles. The average molecular weight is 494 g/mol. The Morgan fingerprint density at radius 2 is 1.81 bits per heavy atom. The molecular weight excluding hydrogens is 470 g/mol. The zero-order valence-corrected chi connectivity index (χ0v) is 20.4. The highest BCUT2D eigenvalue weighted by atomic mass is 35.5. The summed E-state index contributed by atoms with van der Waals surface area (Å²) in [5.74, 6) is 0. The fourth-order valence-electron chi connectivity index (χ4n) is 5.04. The molecular formula is C29H24ClN5O. The Hall–Kier alpha value is -3.87. The van der Waals surface area contributed by atoms with Crippen LogP contribution in [-0.4, -0.2) is 31.0 Å². The van der Waals surface area contributed by atoms with E-state index in [9.17, 15) is 4.79 Å². The Bertz CT molecular complexity index is 1610. The first-order chi connectivity index (χ1) is 17.7. The molecule has 0 spiro atoms. The van der Waals surface area contributed by atoms with E-state index in [1.807, 2.05) is 59.3 Å². The van der Waals surface area contributed by atoms with Gasteiger partial charge in [0.05, 0.1) is 17.6 Å². The molecule has 178 valence electrons. The maximum Gasteiger partial charge on any atom is 0.258 e. The van der Waals surface area contributed by atoms with E-state index in [0.29, 0.717) is 17.1 Å². The fourth-order valence-corrected chi connectivity index (χ4v) is 5.23. The van der Waals surface area contributed by atoms with Crippen molar-refractivity contribution in [3.8, 4) is 11.1 Å². The monoisotopic (exact) mass is 493 g/mol. The highest BCUT2D eigenvalue weighted by Crippen LogP contribution is 2.27. The Morgan fingerprint density at radius 1 is 0.917 bits per heavy atom. The Labute approximate surface area is 213 Å². The number of nitrogens with zero attached hydrogens (tertiary/aromatic N) is 5. The molecule has 0 atom stereocenters. The van der Waals surface area contributed by atoms with Gasteiger partial charge in [0.2, 0.25) is 0 Å². The lowest BCUT2D eigenvalue weighted by Gasteiger charge is -2.31.